The molecule has 0 spiro atoms. The molecule has 1 unspecified atom stereocenters. The van der Waals surface area contributed by atoms with Crippen LogP contribution in [-0.2, 0) is 6.54 Å². The number of amidine groups is 1. The monoisotopic (exact) mass is 458 g/mol. The molecule has 1 aliphatic heterocycles. The molecule has 3 rings (SSSR count). The number of hydrazine groups is 1. The molecule has 172 valence electrons. The van der Waals surface area contributed by atoms with E-state index in [4.69, 9.17) is 16.0 Å². The molecule has 32 heavy (non-hydrogen) atoms. The van der Waals surface area contributed by atoms with Crippen molar-refractivity contribution in [2.24, 2.45) is 5.84 Å². The van der Waals surface area contributed by atoms with Crippen molar-refractivity contribution >= 4 is 29.5 Å². The third kappa shape index (κ3) is 5.04. The maximum Gasteiger partial charge on any atom is 0.260 e. The second-order valence-electron chi connectivity index (χ2n) is 8.61. The highest BCUT2D eigenvalue weighted by atomic mass is 32.2. The van der Waals surface area contributed by atoms with Crippen LogP contribution in [0.3, 0.4) is 0 Å². The summed E-state index contributed by atoms with van der Waals surface area (Å²) in [5.74, 6) is 6.24. The van der Waals surface area contributed by atoms with Crippen LogP contribution in [-0.4, -0.2) is 56.4 Å². The molecule has 0 saturated carbocycles. The van der Waals surface area contributed by atoms with Crippen LogP contribution in [0.15, 0.2) is 35.2 Å². The fourth-order valence-corrected chi connectivity index (χ4v) is 4.22. The Labute approximate surface area is 192 Å². The Morgan fingerprint density at radius 1 is 1.44 bits per heavy atom. The standard InChI is InChI=1S/C22H30N6O3S/c1-13(12-29)28(24)20(23)16-7-6-8-19(25-16)26-21(30)15-10-18-14(9-17(15)31-5)11-27(32-18)22(2,3)4/h6-10,13,23,29H,11-12,24H2,1-5H3,(H,25,26,30). The molecule has 9 nitrogen and oxygen atoms in total. The van der Waals surface area contributed by atoms with Crippen molar-refractivity contribution in [2.45, 2.75) is 50.7 Å². The number of rotatable bonds is 6. The SMILES string of the molecule is COc1cc2c(cc1C(=O)Nc1cccc(C(=N)N(N)C(C)CO)n1)SN(C(C)(C)C)C2. The normalized spacial score (nSPS) is 14.6. The van der Waals surface area contributed by atoms with E-state index in [1.54, 1.807) is 44.2 Å². The average Bonchev–Trinajstić information content (AvgIpc) is 3.20. The van der Waals surface area contributed by atoms with Crippen LogP contribution in [0.2, 0.25) is 0 Å². The van der Waals surface area contributed by atoms with E-state index in [9.17, 15) is 9.90 Å². The van der Waals surface area contributed by atoms with Gasteiger partial charge in [-0.25, -0.2) is 15.1 Å². The van der Waals surface area contributed by atoms with Gasteiger partial charge in [0.25, 0.3) is 5.91 Å². The molecule has 2 heterocycles. The maximum absolute atomic E-state index is 13.1. The number of amides is 1. The van der Waals surface area contributed by atoms with Crippen LogP contribution in [0.5, 0.6) is 5.75 Å². The predicted octanol–water partition coefficient (Wildman–Crippen LogP) is 2.85. The van der Waals surface area contributed by atoms with E-state index in [0.29, 0.717) is 11.3 Å². The number of aliphatic hydroxyl groups excluding tert-OH is 1. The van der Waals surface area contributed by atoms with Gasteiger partial charge in [0.1, 0.15) is 17.3 Å². The lowest BCUT2D eigenvalue weighted by Crippen LogP contribution is -2.46. The van der Waals surface area contributed by atoms with Crippen LogP contribution in [0.25, 0.3) is 0 Å². The highest BCUT2D eigenvalue weighted by Crippen LogP contribution is 2.43. The van der Waals surface area contributed by atoms with E-state index >= 15 is 0 Å². The van der Waals surface area contributed by atoms with Gasteiger partial charge in [0.05, 0.1) is 25.3 Å². The van der Waals surface area contributed by atoms with Crippen molar-refractivity contribution in [3.8, 4) is 5.75 Å². The molecule has 0 aliphatic carbocycles. The molecular formula is C22H30N6O3S. The highest BCUT2D eigenvalue weighted by molar-refractivity contribution is 7.97. The predicted molar refractivity (Wildman–Crippen MR) is 126 cm³/mol. The minimum Gasteiger partial charge on any atom is -0.496 e. The Morgan fingerprint density at radius 2 is 2.16 bits per heavy atom. The van der Waals surface area contributed by atoms with Crippen molar-refractivity contribution in [3.05, 3.63) is 47.2 Å². The number of ether oxygens (including phenoxy) is 1. The van der Waals surface area contributed by atoms with E-state index < -0.39 is 6.04 Å². The molecule has 1 aromatic carbocycles. The number of hydrogen-bond donors (Lipinski definition) is 4. The first-order valence-corrected chi connectivity index (χ1v) is 11.0. The van der Waals surface area contributed by atoms with E-state index in [1.165, 1.54) is 0 Å². The lowest BCUT2D eigenvalue weighted by molar-refractivity contribution is 0.102. The van der Waals surface area contributed by atoms with Crippen molar-refractivity contribution in [3.63, 3.8) is 0 Å². The molecule has 5 N–H and O–H groups in total. The topological polar surface area (TPSA) is 128 Å². The van der Waals surface area contributed by atoms with Gasteiger partial charge in [0, 0.05) is 17.0 Å². The van der Waals surface area contributed by atoms with Gasteiger partial charge in [-0.3, -0.25) is 15.2 Å². The van der Waals surface area contributed by atoms with Gasteiger partial charge < -0.3 is 15.2 Å². The molecule has 10 heteroatoms. The number of pyridine rings is 1. The summed E-state index contributed by atoms with van der Waals surface area (Å²) in [6.07, 6.45) is 0. The maximum atomic E-state index is 13.1. The fourth-order valence-electron chi connectivity index (χ4n) is 3.10. The van der Waals surface area contributed by atoms with Crippen LogP contribution in [0, 0.1) is 5.41 Å². The van der Waals surface area contributed by atoms with E-state index in [1.807, 2.05) is 12.1 Å². The minimum absolute atomic E-state index is 0.0153. The van der Waals surface area contributed by atoms with Crippen molar-refractivity contribution in [1.29, 1.82) is 5.41 Å². The fraction of sp³-hybridized carbons (Fsp3) is 0.409. The van der Waals surface area contributed by atoms with Gasteiger partial charge in [-0.15, -0.1) is 0 Å². The summed E-state index contributed by atoms with van der Waals surface area (Å²) in [6.45, 7) is 8.72. The lowest BCUT2D eigenvalue weighted by Gasteiger charge is -2.29. The summed E-state index contributed by atoms with van der Waals surface area (Å²) in [7, 11) is 1.54. The Morgan fingerprint density at radius 3 is 2.78 bits per heavy atom. The molecule has 0 bridgehead atoms. The molecule has 0 radical (unpaired) electrons. The molecule has 0 fully saturated rings. The largest absolute Gasteiger partial charge is 0.496 e. The van der Waals surface area contributed by atoms with Crippen LogP contribution >= 0.6 is 11.9 Å². The van der Waals surface area contributed by atoms with Crippen molar-refractivity contribution < 1.29 is 14.6 Å². The Bertz CT molecular complexity index is 1020. The number of aromatic nitrogens is 1. The molecule has 1 amide bonds. The van der Waals surface area contributed by atoms with E-state index in [-0.39, 0.29) is 35.4 Å². The third-order valence-electron chi connectivity index (χ3n) is 5.13. The lowest BCUT2D eigenvalue weighted by atomic mass is 10.1. The number of nitrogens with zero attached hydrogens (tertiary/aromatic N) is 3. The van der Waals surface area contributed by atoms with Crippen LogP contribution < -0.4 is 15.9 Å². The zero-order chi connectivity index (χ0) is 23.6. The van der Waals surface area contributed by atoms with Crippen molar-refractivity contribution in [1.82, 2.24) is 14.3 Å². The number of fused-ring (bicyclic) bond motifs is 1. The number of benzene rings is 1. The van der Waals surface area contributed by atoms with Gasteiger partial charge >= 0.3 is 0 Å². The zero-order valence-corrected chi connectivity index (χ0v) is 19.8. The molecule has 1 atom stereocenters. The Hall–Kier alpha value is -2.66. The van der Waals surface area contributed by atoms with E-state index in [0.717, 1.165) is 22.0 Å². The highest BCUT2D eigenvalue weighted by Gasteiger charge is 2.31. The minimum atomic E-state index is -0.441. The molecule has 0 saturated heterocycles. The third-order valence-corrected chi connectivity index (χ3v) is 6.60. The molecule has 1 aromatic heterocycles. The Balaban J connectivity index is 1.82. The first kappa shape index (κ1) is 24.0. The second kappa shape index (κ2) is 9.45. The first-order valence-electron chi connectivity index (χ1n) is 10.2. The number of methoxy groups -OCH3 is 1. The molecule has 2 aromatic rings. The van der Waals surface area contributed by atoms with Crippen LogP contribution in [0.4, 0.5) is 5.82 Å². The van der Waals surface area contributed by atoms with Gasteiger partial charge in [0.15, 0.2) is 5.84 Å². The average molecular weight is 459 g/mol. The van der Waals surface area contributed by atoms with Gasteiger partial charge in [-0.05, 0) is 69.5 Å². The first-order chi connectivity index (χ1) is 15.0. The smallest absolute Gasteiger partial charge is 0.260 e. The number of aliphatic hydroxyl groups is 1. The molecule has 1 aliphatic rings. The van der Waals surface area contributed by atoms with Gasteiger partial charge in [0.2, 0.25) is 0 Å². The summed E-state index contributed by atoms with van der Waals surface area (Å²) in [5, 5.41) is 21.4. The summed E-state index contributed by atoms with van der Waals surface area (Å²) in [5.41, 5.74) is 1.79. The summed E-state index contributed by atoms with van der Waals surface area (Å²) >= 11 is 1.63. The molecular weight excluding hydrogens is 428 g/mol. The summed E-state index contributed by atoms with van der Waals surface area (Å²) in [6, 6.07) is 8.25. The number of anilines is 1. The number of hydrogen-bond acceptors (Lipinski definition) is 8. The summed E-state index contributed by atoms with van der Waals surface area (Å²) < 4.78 is 7.76. The number of nitrogens with one attached hydrogen (secondary N) is 2. The van der Waals surface area contributed by atoms with E-state index in [2.05, 4.69) is 35.4 Å². The number of carbonyl (C=O) groups is 1. The summed E-state index contributed by atoms with van der Waals surface area (Å²) in [4.78, 5) is 18.4. The Kier molecular flexibility index (Phi) is 7.09. The van der Waals surface area contributed by atoms with Gasteiger partial charge in [-0.1, -0.05) is 6.07 Å². The number of carbonyl (C=O) groups excluding carboxylic acids is 1. The quantitative estimate of drug-likeness (QED) is 0.171. The van der Waals surface area contributed by atoms with Crippen molar-refractivity contribution in [2.75, 3.05) is 19.0 Å². The van der Waals surface area contributed by atoms with Gasteiger partial charge in [-0.2, -0.15) is 0 Å². The van der Waals surface area contributed by atoms with Crippen LogP contribution in [0.1, 0.15) is 49.3 Å². The zero-order valence-electron chi connectivity index (χ0n) is 19.0. The number of nitrogens with two attached hydrogens (primary N) is 1. The second-order valence-corrected chi connectivity index (χ2v) is 9.67.